The first-order chi connectivity index (χ1) is 10.3. The SMILES string of the molecule is CC1(NC(=O)Cc2cc(F)ccc2Br)CCCCC1C(=O)O. The zero-order valence-electron chi connectivity index (χ0n) is 12.4. The van der Waals surface area contributed by atoms with E-state index >= 15 is 0 Å². The van der Waals surface area contributed by atoms with Gasteiger partial charge >= 0.3 is 5.97 Å². The Bertz CT molecular complexity index is 593. The van der Waals surface area contributed by atoms with Gasteiger partial charge in [-0.25, -0.2) is 4.39 Å². The Balaban J connectivity index is 2.10. The minimum Gasteiger partial charge on any atom is -0.481 e. The van der Waals surface area contributed by atoms with Gasteiger partial charge in [-0.15, -0.1) is 0 Å². The predicted octanol–water partition coefficient (Wildman–Crippen LogP) is 3.28. The van der Waals surface area contributed by atoms with Gasteiger partial charge in [0, 0.05) is 4.47 Å². The smallest absolute Gasteiger partial charge is 0.308 e. The molecule has 0 radical (unpaired) electrons. The number of carboxylic acid groups (broad SMARTS) is 1. The van der Waals surface area contributed by atoms with Gasteiger partial charge in [-0.2, -0.15) is 0 Å². The molecule has 1 amide bonds. The lowest BCUT2D eigenvalue weighted by Crippen LogP contribution is -2.55. The summed E-state index contributed by atoms with van der Waals surface area (Å²) >= 11 is 3.29. The molecule has 0 heterocycles. The van der Waals surface area contributed by atoms with E-state index in [4.69, 9.17) is 0 Å². The second kappa shape index (κ2) is 6.77. The number of aliphatic carboxylic acids is 1. The van der Waals surface area contributed by atoms with Gasteiger partial charge in [0.25, 0.3) is 0 Å². The summed E-state index contributed by atoms with van der Waals surface area (Å²) in [6, 6.07) is 4.18. The van der Waals surface area contributed by atoms with Gasteiger partial charge in [-0.3, -0.25) is 9.59 Å². The van der Waals surface area contributed by atoms with E-state index in [0.717, 1.165) is 12.8 Å². The van der Waals surface area contributed by atoms with Gasteiger partial charge in [-0.1, -0.05) is 28.8 Å². The highest BCUT2D eigenvalue weighted by Crippen LogP contribution is 2.34. The maximum Gasteiger partial charge on any atom is 0.308 e. The van der Waals surface area contributed by atoms with E-state index in [1.165, 1.54) is 12.1 Å². The first-order valence-electron chi connectivity index (χ1n) is 7.29. The lowest BCUT2D eigenvalue weighted by atomic mass is 9.74. The van der Waals surface area contributed by atoms with Gasteiger partial charge in [0.1, 0.15) is 5.82 Å². The average molecular weight is 372 g/mol. The molecule has 120 valence electrons. The van der Waals surface area contributed by atoms with Gasteiger partial charge in [-0.05, 0) is 43.5 Å². The van der Waals surface area contributed by atoms with Crippen LogP contribution in [0.2, 0.25) is 0 Å². The van der Waals surface area contributed by atoms with E-state index in [2.05, 4.69) is 21.2 Å². The standard InChI is InChI=1S/C16H19BrFNO3/c1-16(7-3-2-4-12(16)15(21)22)19-14(20)9-10-8-11(18)5-6-13(10)17/h5-6,8,12H,2-4,7,9H2,1H3,(H,19,20)(H,21,22). The van der Waals surface area contributed by atoms with E-state index in [9.17, 15) is 19.1 Å². The molecule has 22 heavy (non-hydrogen) atoms. The van der Waals surface area contributed by atoms with Crippen molar-refractivity contribution >= 4 is 27.8 Å². The van der Waals surface area contributed by atoms with E-state index < -0.39 is 23.2 Å². The molecule has 4 nitrogen and oxygen atoms in total. The number of halogens is 2. The fraction of sp³-hybridized carbons (Fsp3) is 0.500. The van der Waals surface area contributed by atoms with Crippen LogP contribution in [0.3, 0.4) is 0 Å². The summed E-state index contributed by atoms with van der Waals surface area (Å²) in [4.78, 5) is 23.7. The number of carboxylic acids is 1. The maximum absolute atomic E-state index is 13.3. The van der Waals surface area contributed by atoms with Crippen molar-refractivity contribution in [1.29, 1.82) is 0 Å². The maximum atomic E-state index is 13.3. The normalized spacial score (nSPS) is 24.8. The van der Waals surface area contributed by atoms with Crippen LogP contribution >= 0.6 is 15.9 Å². The molecule has 2 N–H and O–H groups in total. The molecule has 1 aromatic rings. The Morgan fingerprint density at radius 1 is 1.45 bits per heavy atom. The number of rotatable bonds is 4. The van der Waals surface area contributed by atoms with Gasteiger partial charge in [0.15, 0.2) is 0 Å². The van der Waals surface area contributed by atoms with Crippen molar-refractivity contribution in [2.45, 2.75) is 44.6 Å². The number of hydrogen-bond acceptors (Lipinski definition) is 2. The predicted molar refractivity (Wildman–Crippen MR) is 83.9 cm³/mol. The second-order valence-electron chi connectivity index (χ2n) is 6.01. The summed E-state index contributed by atoms with van der Waals surface area (Å²) < 4.78 is 13.9. The van der Waals surface area contributed by atoms with E-state index in [1.807, 2.05) is 0 Å². The summed E-state index contributed by atoms with van der Waals surface area (Å²) in [7, 11) is 0. The molecule has 1 aromatic carbocycles. The summed E-state index contributed by atoms with van der Waals surface area (Å²) in [6.45, 7) is 1.78. The van der Waals surface area contributed by atoms with Crippen LogP contribution in [-0.2, 0) is 16.0 Å². The average Bonchev–Trinajstić information content (AvgIpc) is 2.42. The zero-order chi connectivity index (χ0) is 16.3. The number of amides is 1. The molecule has 2 rings (SSSR count). The molecule has 0 aromatic heterocycles. The Hall–Kier alpha value is -1.43. The van der Waals surface area contributed by atoms with Crippen LogP contribution in [0.5, 0.6) is 0 Å². The number of nitrogens with one attached hydrogen (secondary N) is 1. The molecule has 1 aliphatic rings. The van der Waals surface area contributed by atoms with Crippen molar-refractivity contribution in [2.75, 3.05) is 0 Å². The summed E-state index contributed by atoms with van der Waals surface area (Å²) in [5.74, 6) is -2.16. The fourth-order valence-electron chi connectivity index (χ4n) is 3.09. The topological polar surface area (TPSA) is 66.4 Å². The lowest BCUT2D eigenvalue weighted by molar-refractivity contribution is -0.146. The van der Waals surface area contributed by atoms with Crippen molar-refractivity contribution in [3.63, 3.8) is 0 Å². The van der Waals surface area contributed by atoms with Crippen LogP contribution in [0.15, 0.2) is 22.7 Å². The molecule has 0 spiro atoms. The lowest BCUT2D eigenvalue weighted by Gasteiger charge is -2.39. The minimum absolute atomic E-state index is 0.0142. The van der Waals surface area contributed by atoms with Crippen molar-refractivity contribution in [3.8, 4) is 0 Å². The summed E-state index contributed by atoms with van der Waals surface area (Å²) in [6.07, 6.45) is 2.97. The van der Waals surface area contributed by atoms with Crippen LogP contribution in [-0.4, -0.2) is 22.5 Å². The zero-order valence-corrected chi connectivity index (χ0v) is 14.0. The Labute approximate surface area is 137 Å². The largest absolute Gasteiger partial charge is 0.481 e. The molecule has 6 heteroatoms. The molecule has 0 bridgehead atoms. The van der Waals surface area contributed by atoms with Gasteiger partial charge in [0.05, 0.1) is 17.9 Å². The molecule has 2 unspecified atom stereocenters. The van der Waals surface area contributed by atoms with Gasteiger partial charge in [0.2, 0.25) is 5.91 Å². The Kier molecular flexibility index (Phi) is 5.21. The highest BCUT2D eigenvalue weighted by atomic mass is 79.9. The molecular formula is C16H19BrFNO3. The van der Waals surface area contributed by atoms with Crippen molar-refractivity contribution in [1.82, 2.24) is 5.32 Å². The molecule has 0 saturated heterocycles. The Morgan fingerprint density at radius 2 is 2.18 bits per heavy atom. The fourth-order valence-corrected chi connectivity index (χ4v) is 3.48. The van der Waals surface area contributed by atoms with Crippen LogP contribution in [0.1, 0.15) is 38.2 Å². The second-order valence-corrected chi connectivity index (χ2v) is 6.87. The molecule has 1 aliphatic carbocycles. The van der Waals surface area contributed by atoms with Crippen LogP contribution in [0.25, 0.3) is 0 Å². The third-order valence-corrected chi connectivity index (χ3v) is 5.06. The molecule has 1 saturated carbocycles. The minimum atomic E-state index is -0.880. The summed E-state index contributed by atoms with van der Waals surface area (Å²) in [5, 5.41) is 12.2. The van der Waals surface area contributed by atoms with Crippen molar-refractivity contribution in [3.05, 3.63) is 34.1 Å². The summed E-state index contributed by atoms with van der Waals surface area (Å²) in [5.41, 5.74) is -0.204. The third-order valence-electron chi connectivity index (χ3n) is 4.29. The number of carbonyl (C=O) groups is 2. The first kappa shape index (κ1) is 16.9. The van der Waals surface area contributed by atoms with Crippen LogP contribution in [0, 0.1) is 11.7 Å². The number of benzene rings is 1. The first-order valence-corrected chi connectivity index (χ1v) is 8.09. The monoisotopic (exact) mass is 371 g/mol. The van der Waals surface area contributed by atoms with E-state index in [0.29, 0.717) is 22.9 Å². The molecular weight excluding hydrogens is 353 g/mol. The van der Waals surface area contributed by atoms with Crippen LogP contribution < -0.4 is 5.32 Å². The highest BCUT2D eigenvalue weighted by Gasteiger charge is 2.42. The third kappa shape index (κ3) is 3.85. The van der Waals surface area contributed by atoms with Crippen molar-refractivity contribution in [2.24, 2.45) is 5.92 Å². The van der Waals surface area contributed by atoms with Gasteiger partial charge < -0.3 is 10.4 Å². The number of carbonyl (C=O) groups excluding carboxylic acids is 1. The quantitative estimate of drug-likeness (QED) is 0.853. The van der Waals surface area contributed by atoms with E-state index in [-0.39, 0.29) is 12.3 Å². The van der Waals surface area contributed by atoms with E-state index in [1.54, 1.807) is 13.0 Å². The highest BCUT2D eigenvalue weighted by molar-refractivity contribution is 9.10. The molecule has 0 aliphatic heterocycles. The van der Waals surface area contributed by atoms with Crippen LogP contribution in [0.4, 0.5) is 4.39 Å². The van der Waals surface area contributed by atoms with Crippen molar-refractivity contribution < 1.29 is 19.1 Å². The Morgan fingerprint density at radius 3 is 2.86 bits per heavy atom. The number of hydrogen-bond donors (Lipinski definition) is 2. The molecule has 2 atom stereocenters. The molecule has 1 fully saturated rings.